The molecule has 150 valence electrons. The highest BCUT2D eigenvalue weighted by atomic mass is 16.2. The average molecular weight is 385 g/mol. The molecule has 2 saturated heterocycles. The fourth-order valence-corrected chi connectivity index (χ4v) is 4.44. The quantitative estimate of drug-likeness (QED) is 0.680. The summed E-state index contributed by atoms with van der Waals surface area (Å²) in [5, 5.41) is 2.34. The van der Waals surface area contributed by atoms with E-state index in [-0.39, 0.29) is 24.1 Å². The number of nitrogens with zero attached hydrogens (tertiary/aromatic N) is 3. The van der Waals surface area contributed by atoms with E-state index in [9.17, 15) is 14.4 Å². The van der Waals surface area contributed by atoms with Gasteiger partial charge in [-0.3, -0.25) is 24.6 Å². The number of likely N-dealkylation sites (N-methyl/N-ethyl adjacent to an activating group) is 1. The number of hydrogen-bond acceptors (Lipinski definition) is 6. The molecule has 3 aliphatic rings. The smallest absolute Gasteiger partial charge is 0.255 e. The molecule has 8 heteroatoms. The van der Waals surface area contributed by atoms with Gasteiger partial charge in [-0.25, -0.2) is 0 Å². The van der Waals surface area contributed by atoms with Crippen LogP contribution in [0.1, 0.15) is 34.3 Å². The molecule has 4 rings (SSSR count). The van der Waals surface area contributed by atoms with Gasteiger partial charge in [0, 0.05) is 57.3 Å². The minimum Gasteiger partial charge on any atom is -0.329 e. The zero-order valence-corrected chi connectivity index (χ0v) is 16.2. The second kappa shape index (κ2) is 7.62. The molecule has 0 saturated carbocycles. The number of nitrogens with two attached hydrogens (primary N) is 1. The van der Waals surface area contributed by atoms with E-state index < -0.39 is 6.04 Å². The van der Waals surface area contributed by atoms with Crippen LogP contribution in [-0.2, 0) is 22.7 Å². The Labute approximate surface area is 164 Å². The topological polar surface area (TPSA) is 99.0 Å². The zero-order valence-electron chi connectivity index (χ0n) is 16.2. The molecule has 2 unspecified atom stereocenters. The zero-order chi connectivity index (χ0) is 19.8. The number of hydrogen-bond donors (Lipinski definition) is 2. The summed E-state index contributed by atoms with van der Waals surface area (Å²) < 4.78 is 0. The number of benzene rings is 1. The third kappa shape index (κ3) is 3.55. The molecular formula is C20H27N5O3. The summed E-state index contributed by atoms with van der Waals surface area (Å²) in [4.78, 5) is 42.6. The minimum atomic E-state index is -0.569. The molecular weight excluding hydrogens is 358 g/mol. The first-order valence-electron chi connectivity index (χ1n) is 9.85. The maximum absolute atomic E-state index is 12.8. The first-order chi connectivity index (χ1) is 13.5. The van der Waals surface area contributed by atoms with Gasteiger partial charge in [0.15, 0.2) is 0 Å². The molecule has 3 N–H and O–H groups in total. The van der Waals surface area contributed by atoms with Crippen LogP contribution >= 0.6 is 0 Å². The standard InChI is InChI=1S/C20H27N5O3/c1-23-6-7-24(15(9-21)12-23)10-13-2-3-16-14(8-13)11-25(20(16)28)17-4-5-18(26)22-19(17)27/h2-3,8,15,17H,4-7,9-12,21H2,1H3,(H,22,26,27). The molecule has 0 bridgehead atoms. The number of amides is 3. The van der Waals surface area contributed by atoms with Crippen LogP contribution in [-0.4, -0.2) is 77.7 Å². The summed E-state index contributed by atoms with van der Waals surface area (Å²) in [6.07, 6.45) is 0.655. The maximum atomic E-state index is 12.8. The van der Waals surface area contributed by atoms with Crippen molar-refractivity contribution in [3.8, 4) is 0 Å². The summed E-state index contributed by atoms with van der Waals surface area (Å²) in [5.41, 5.74) is 8.72. The molecule has 0 aromatic heterocycles. The van der Waals surface area contributed by atoms with Crippen molar-refractivity contribution in [2.75, 3.05) is 33.2 Å². The second-order valence-corrected chi connectivity index (χ2v) is 8.01. The lowest BCUT2D eigenvalue weighted by atomic mass is 10.0. The van der Waals surface area contributed by atoms with Crippen LogP contribution in [0.4, 0.5) is 0 Å². The first kappa shape index (κ1) is 19.0. The number of piperazine rings is 1. The Morgan fingerprint density at radius 3 is 2.79 bits per heavy atom. The van der Waals surface area contributed by atoms with Gasteiger partial charge in [0.1, 0.15) is 6.04 Å². The number of carbonyl (C=O) groups is 3. The number of carbonyl (C=O) groups excluding carboxylic acids is 3. The summed E-state index contributed by atoms with van der Waals surface area (Å²) in [6.45, 7) is 4.78. The number of piperidine rings is 1. The van der Waals surface area contributed by atoms with E-state index in [4.69, 9.17) is 5.73 Å². The Kier molecular flexibility index (Phi) is 5.18. The van der Waals surface area contributed by atoms with Crippen LogP contribution in [0.15, 0.2) is 18.2 Å². The van der Waals surface area contributed by atoms with Gasteiger partial charge in [-0.1, -0.05) is 12.1 Å². The van der Waals surface area contributed by atoms with Crippen LogP contribution in [0, 0.1) is 0 Å². The lowest BCUT2D eigenvalue weighted by Crippen LogP contribution is -2.54. The summed E-state index contributed by atoms with van der Waals surface area (Å²) >= 11 is 0. The Morgan fingerprint density at radius 2 is 2.04 bits per heavy atom. The van der Waals surface area contributed by atoms with Gasteiger partial charge < -0.3 is 15.5 Å². The van der Waals surface area contributed by atoms with Crippen LogP contribution in [0.2, 0.25) is 0 Å². The van der Waals surface area contributed by atoms with E-state index in [2.05, 4.69) is 28.2 Å². The lowest BCUT2D eigenvalue weighted by Gasteiger charge is -2.39. The van der Waals surface area contributed by atoms with Crippen molar-refractivity contribution >= 4 is 17.7 Å². The average Bonchev–Trinajstić information content (AvgIpc) is 2.99. The third-order valence-corrected chi connectivity index (χ3v) is 6.05. The molecule has 3 heterocycles. The monoisotopic (exact) mass is 385 g/mol. The van der Waals surface area contributed by atoms with Crippen molar-refractivity contribution < 1.29 is 14.4 Å². The number of fused-ring (bicyclic) bond motifs is 1. The van der Waals surface area contributed by atoms with Crippen LogP contribution in [0.3, 0.4) is 0 Å². The van der Waals surface area contributed by atoms with E-state index in [1.807, 2.05) is 12.1 Å². The van der Waals surface area contributed by atoms with E-state index in [0.717, 1.165) is 37.3 Å². The molecule has 28 heavy (non-hydrogen) atoms. The van der Waals surface area contributed by atoms with Crippen molar-refractivity contribution in [1.82, 2.24) is 20.0 Å². The largest absolute Gasteiger partial charge is 0.329 e. The molecule has 3 amide bonds. The predicted molar refractivity (Wildman–Crippen MR) is 103 cm³/mol. The molecule has 0 aliphatic carbocycles. The normalized spacial score (nSPS) is 26.5. The van der Waals surface area contributed by atoms with Gasteiger partial charge in [0.25, 0.3) is 5.91 Å². The summed E-state index contributed by atoms with van der Waals surface area (Å²) in [5.74, 6) is -0.773. The highest BCUT2D eigenvalue weighted by molar-refractivity contribution is 6.05. The second-order valence-electron chi connectivity index (χ2n) is 8.01. The molecule has 0 radical (unpaired) electrons. The Hall–Kier alpha value is -2.29. The Morgan fingerprint density at radius 1 is 1.21 bits per heavy atom. The molecule has 1 aromatic rings. The van der Waals surface area contributed by atoms with Gasteiger partial charge in [0.2, 0.25) is 11.8 Å². The summed E-state index contributed by atoms with van der Waals surface area (Å²) in [6, 6.07) is 5.70. The molecule has 2 fully saturated rings. The van der Waals surface area contributed by atoms with Gasteiger partial charge >= 0.3 is 0 Å². The molecule has 3 aliphatic heterocycles. The van der Waals surface area contributed by atoms with Crippen LogP contribution in [0.5, 0.6) is 0 Å². The van der Waals surface area contributed by atoms with E-state index in [0.29, 0.717) is 31.1 Å². The van der Waals surface area contributed by atoms with Crippen molar-refractivity contribution in [1.29, 1.82) is 0 Å². The van der Waals surface area contributed by atoms with Crippen molar-refractivity contribution in [2.45, 2.75) is 38.0 Å². The van der Waals surface area contributed by atoms with Crippen molar-refractivity contribution in [3.63, 3.8) is 0 Å². The minimum absolute atomic E-state index is 0.129. The molecule has 1 aromatic carbocycles. The SMILES string of the molecule is CN1CCN(Cc2ccc3c(c2)CN(C2CCC(=O)NC2=O)C3=O)C(CN)C1. The fourth-order valence-electron chi connectivity index (χ4n) is 4.44. The van der Waals surface area contributed by atoms with Crippen LogP contribution in [0.25, 0.3) is 0 Å². The van der Waals surface area contributed by atoms with Gasteiger partial charge in [-0.15, -0.1) is 0 Å². The Balaban J connectivity index is 1.48. The number of rotatable bonds is 4. The Bertz CT molecular complexity index is 811. The maximum Gasteiger partial charge on any atom is 0.255 e. The summed E-state index contributed by atoms with van der Waals surface area (Å²) in [7, 11) is 2.12. The third-order valence-electron chi connectivity index (χ3n) is 6.05. The highest BCUT2D eigenvalue weighted by Gasteiger charge is 2.39. The van der Waals surface area contributed by atoms with E-state index >= 15 is 0 Å². The number of imide groups is 1. The predicted octanol–water partition coefficient (Wildman–Crippen LogP) is -0.478. The lowest BCUT2D eigenvalue weighted by molar-refractivity contribution is -0.136. The van der Waals surface area contributed by atoms with Crippen molar-refractivity contribution in [2.24, 2.45) is 5.73 Å². The van der Waals surface area contributed by atoms with Crippen LogP contribution < -0.4 is 11.1 Å². The van der Waals surface area contributed by atoms with Gasteiger partial charge in [0.05, 0.1) is 0 Å². The highest BCUT2D eigenvalue weighted by Crippen LogP contribution is 2.28. The molecule has 8 nitrogen and oxygen atoms in total. The number of nitrogens with one attached hydrogen (secondary N) is 1. The molecule has 2 atom stereocenters. The van der Waals surface area contributed by atoms with E-state index in [1.54, 1.807) is 4.90 Å². The van der Waals surface area contributed by atoms with Gasteiger partial charge in [-0.2, -0.15) is 0 Å². The van der Waals surface area contributed by atoms with E-state index in [1.165, 1.54) is 0 Å². The molecule has 0 spiro atoms. The van der Waals surface area contributed by atoms with Gasteiger partial charge in [-0.05, 0) is 30.7 Å². The first-order valence-corrected chi connectivity index (χ1v) is 9.85. The van der Waals surface area contributed by atoms with Crippen molar-refractivity contribution in [3.05, 3.63) is 34.9 Å². The fraction of sp³-hybridized carbons (Fsp3) is 0.550.